The monoisotopic (exact) mass is 363 g/mol. The van der Waals surface area contributed by atoms with Crippen LogP contribution in [0.4, 0.5) is 11.4 Å². The predicted molar refractivity (Wildman–Crippen MR) is 96.1 cm³/mol. The Morgan fingerprint density at radius 3 is 2.72 bits per heavy atom. The van der Waals surface area contributed by atoms with Gasteiger partial charge in [-0.25, -0.2) is 0 Å². The molecule has 0 aliphatic rings. The molecule has 25 heavy (non-hydrogen) atoms. The topological polar surface area (TPSA) is 84.7 Å². The first kappa shape index (κ1) is 18.7. The van der Waals surface area contributed by atoms with E-state index in [4.69, 9.17) is 16.3 Å². The Hall–Kier alpha value is -2.64. The molecule has 0 unspecified atom stereocenters. The molecular weight excluding hydrogens is 346 g/mol. The van der Waals surface area contributed by atoms with Gasteiger partial charge in [0.2, 0.25) is 5.91 Å². The van der Waals surface area contributed by atoms with Gasteiger partial charge in [0.05, 0.1) is 18.6 Å². The number of halogens is 1. The fourth-order valence-corrected chi connectivity index (χ4v) is 2.54. The van der Waals surface area contributed by atoms with E-state index in [1.165, 1.54) is 18.2 Å². The molecule has 7 nitrogen and oxygen atoms in total. The molecule has 0 radical (unpaired) electrons. The smallest absolute Gasteiger partial charge is 0.294 e. The Bertz CT molecular complexity index is 782. The maximum Gasteiger partial charge on any atom is 0.294 e. The summed E-state index contributed by atoms with van der Waals surface area (Å²) in [4.78, 5) is 24.5. The highest BCUT2D eigenvalue weighted by Crippen LogP contribution is 2.27. The van der Waals surface area contributed by atoms with E-state index in [9.17, 15) is 14.9 Å². The largest absolute Gasteiger partial charge is 0.496 e. The van der Waals surface area contributed by atoms with Gasteiger partial charge in [0, 0.05) is 23.2 Å². The molecule has 0 atom stereocenters. The molecule has 132 valence electrons. The number of nitro groups is 1. The zero-order chi connectivity index (χ0) is 18.4. The van der Waals surface area contributed by atoms with Crippen molar-refractivity contribution in [2.75, 3.05) is 26.0 Å². The molecule has 1 N–H and O–H groups in total. The minimum atomic E-state index is -0.583. The standard InChI is InChI=1S/C17H18ClN3O4/c1-20(10-12-5-3-4-6-16(12)25-2)11-17(22)19-14-8-7-13(18)9-15(14)21(23)24/h3-9H,10-11H2,1-2H3,(H,19,22). The molecule has 8 heteroatoms. The van der Waals surface area contributed by atoms with Crippen LogP contribution >= 0.6 is 11.6 Å². The number of nitrogens with zero attached hydrogens (tertiary/aromatic N) is 2. The quantitative estimate of drug-likeness (QED) is 0.602. The maximum atomic E-state index is 12.2. The number of ether oxygens (including phenoxy) is 1. The normalized spacial score (nSPS) is 10.6. The number of hydrogen-bond donors (Lipinski definition) is 1. The Morgan fingerprint density at radius 2 is 2.04 bits per heavy atom. The predicted octanol–water partition coefficient (Wildman–Crippen LogP) is 3.33. The Kier molecular flexibility index (Phi) is 6.32. The molecule has 0 saturated carbocycles. The van der Waals surface area contributed by atoms with Crippen molar-refractivity contribution < 1.29 is 14.5 Å². The van der Waals surface area contributed by atoms with E-state index in [0.717, 1.165) is 11.3 Å². The van der Waals surface area contributed by atoms with Crippen molar-refractivity contribution in [3.63, 3.8) is 0 Å². The van der Waals surface area contributed by atoms with Gasteiger partial charge < -0.3 is 10.1 Å². The van der Waals surface area contributed by atoms with Crippen LogP contribution in [-0.2, 0) is 11.3 Å². The summed E-state index contributed by atoms with van der Waals surface area (Å²) in [6.07, 6.45) is 0. The molecule has 0 aromatic heterocycles. The molecule has 0 spiro atoms. The number of benzene rings is 2. The lowest BCUT2D eigenvalue weighted by molar-refractivity contribution is -0.383. The number of anilines is 1. The van der Waals surface area contributed by atoms with Crippen LogP contribution in [0.2, 0.25) is 5.02 Å². The summed E-state index contributed by atoms with van der Waals surface area (Å²) in [5, 5.41) is 13.8. The van der Waals surface area contributed by atoms with Crippen LogP contribution in [0.15, 0.2) is 42.5 Å². The van der Waals surface area contributed by atoms with Gasteiger partial charge in [-0.05, 0) is 25.2 Å². The number of nitro benzene ring substituents is 1. The van der Waals surface area contributed by atoms with E-state index in [0.29, 0.717) is 6.54 Å². The van der Waals surface area contributed by atoms with Crippen LogP contribution in [0.25, 0.3) is 0 Å². The van der Waals surface area contributed by atoms with Crippen molar-refractivity contribution in [1.29, 1.82) is 0 Å². The summed E-state index contributed by atoms with van der Waals surface area (Å²) in [6.45, 7) is 0.567. The van der Waals surface area contributed by atoms with Crippen LogP contribution in [0.5, 0.6) is 5.75 Å². The minimum absolute atomic E-state index is 0.0673. The number of carbonyl (C=O) groups excluding carboxylic acids is 1. The lowest BCUT2D eigenvalue weighted by atomic mass is 10.2. The fourth-order valence-electron chi connectivity index (χ4n) is 2.38. The summed E-state index contributed by atoms with van der Waals surface area (Å²) in [6, 6.07) is 11.6. The summed E-state index contributed by atoms with van der Waals surface area (Å²) in [5.41, 5.74) is 0.816. The second-order valence-corrected chi connectivity index (χ2v) is 5.89. The third-order valence-corrected chi connectivity index (χ3v) is 3.71. The molecular formula is C17H18ClN3O4. The fraction of sp³-hybridized carbons (Fsp3) is 0.235. The number of amides is 1. The zero-order valence-corrected chi connectivity index (χ0v) is 14.6. The van der Waals surface area contributed by atoms with Crippen LogP contribution in [0, 0.1) is 10.1 Å². The number of para-hydroxylation sites is 1. The lowest BCUT2D eigenvalue weighted by Gasteiger charge is -2.18. The van der Waals surface area contributed by atoms with Crippen molar-refractivity contribution in [1.82, 2.24) is 4.90 Å². The molecule has 0 heterocycles. The van der Waals surface area contributed by atoms with Crippen LogP contribution in [0.3, 0.4) is 0 Å². The van der Waals surface area contributed by atoms with Crippen LogP contribution in [-0.4, -0.2) is 36.4 Å². The summed E-state index contributed by atoms with van der Waals surface area (Å²) in [7, 11) is 3.37. The van der Waals surface area contributed by atoms with Crippen LogP contribution in [0.1, 0.15) is 5.56 Å². The Labute approximate surface area is 150 Å². The van der Waals surface area contributed by atoms with Crippen molar-refractivity contribution >= 4 is 28.9 Å². The maximum absolute atomic E-state index is 12.2. The third kappa shape index (κ3) is 5.17. The highest BCUT2D eigenvalue weighted by Gasteiger charge is 2.17. The van der Waals surface area contributed by atoms with Gasteiger partial charge in [-0.3, -0.25) is 19.8 Å². The second kappa shape index (κ2) is 8.46. The van der Waals surface area contributed by atoms with Crippen molar-refractivity contribution in [3.05, 3.63) is 63.2 Å². The SMILES string of the molecule is COc1ccccc1CN(C)CC(=O)Nc1ccc(Cl)cc1[N+](=O)[O-]. The number of rotatable bonds is 7. The Balaban J connectivity index is 2.02. The van der Waals surface area contributed by atoms with E-state index in [2.05, 4.69) is 5.32 Å². The molecule has 0 aliphatic heterocycles. The van der Waals surface area contributed by atoms with Gasteiger partial charge in [-0.1, -0.05) is 29.8 Å². The van der Waals surface area contributed by atoms with Crippen molar-refractivity contribution in [3.8, 4) is 5.75 Å². The van der Waals surface area contributed by atoms with E-state index >= 15 is 0 Å². The van der Waals surface area contributed by atoms with Gasteiger partial charge in [0.15, 0.2) is 0 Å². The lowest BCUT2D eigenvalue weighted by Crippen LogP contribution is -2.30. The average Bonchev–Trinajstić information content (AvgIpc) is 2.56. The van der Waals surface area contributed by atoms with Gasteiger partial charge >= 0.3 is 0 Å². The summed E-state index contributed by atoms with van der Waals surface area (Å²) < 4.78 is 5.29. The molecule has 0 aliphatic carbocycles. The van der Waals surface area contributed by atoms with E-state index in [1.807, 2.05) is 24.3 Å². The highest BCUT2D eigenvalue weighted by molar-refractivity contribution is 6.31. The molecule has 0 fully saturated rings. The van der Waals surface area contributed by atoms with Gasteiger partial charge in [0.1, 0.15) is 11.4 Å². The molecule has 0 bridgehead atoms. The number of carbonyl (C=O) groups is 1. The van der Waals surface area contributed by atoms with Gasteiger partial charge in [-0.2, -0.15) is 0 Å². The zero-order valence-electron chi connectivity index (χ0n) is 13.9. The average molecular weight is 364 g/mol. The highest BCUT2D eigenvalue weighted by atomic mass is 35.5. The summed E-state index contributed by atoms with van der Waals surface area (Å²) >= 11 is 5.76. The number of methoxy groups -OCH3 is 1. The molecule has 2 rings (SSSR count). The van der Waals surface area contributed by atoms with Gasteiger partial charge in [0.25, 0.3) is 5.69 Å². The minimum Gasteiger partial charge on any atom is -0.496 e. The number of nitrogens with one attached hydrogen (secondary N) is 1. The molecule has 1 amide bonds. The van der Waals surface area contributed by atoms with Crippen LogP contribution < -0.4 is 10.1 Å². The van der Waals surface area contributed by atoms with E-state index < -0.39 is 4.92 Å². The third-order valence-electron chi connectivity index (χ3n) is 3.48. The first-order valence-corrected chi connectivity index (χ1v) is 7.82. The second-order valence-electron chi connectivity index (χ2n) is 5.45. The molecule has 2 aromatic rings. The number of likely N-dealkylation sites (N-methyl/N-ethyl adjacent to an activating group) is 1. The molecule has 2 aromatic carbocycles. The Morgan fingerprint density at radius 1 is 1.32 bits per heavy atom. The van der Waals surface area contributed by atoms with E-state index in [-0.39, 0.29) is 28.8 Å². The number of hydrogen-bond acceptors (Lipinski definition) is 5. The van der Waals surface area contributed by atoms with Crippen molar-refractivity contribution in [2.24, 2.45) is 0 Å². The summed E-state index contributed by atoms with van der Waals surface area (Å²) in [5.74, 6) is 0.380. The molecule has 0 saturated heterocycles. The van der Waals surface area contributed by atoms with E-state index in [1.54, 1.807) is 19.1 Å². The first-order valence-electron chi connectivity index (χ1n) is 7.45. The van der Waals surface area contributed by atoms with Gasteiger partial charge in [-0.15, -0.1) is 0 Å². The van der Waals surface area contributed by atoms with Crippen molar-refractivity contribution in [2.45, 2.75) is 6.54 Å². The first-order chi connectivity index (χ1) is 11.9.